The van der Waals surface area contributed by atoms with E-state index in [2.05, 4.69) is 10.3 Å². The highest BCUT2D eigenvalue weighted by Crippen LogP contribution is 2.26. The van der Waals surface area contributed by atoms with Crippen LogP contribution in [0.1, 0.15) is 5.69 Å². The summed E-state index contributed by atoms with van der Waals surface area (Å²) in [6.45, 7) is 1.94. The predicted molar refractivity (Wildman–Crippen MR) is 88.0 cm³/mol. The molecule has 1 heterocycles. The van der Waals surface area contributed by atoms with Crippen molar-refractivity contribution in [2.24, 2.45) is 0 Å². The van der Waals surface area contributed by atoms with E-state index in [9.17, 15) is 0 Å². The monoisotopic (exact) mass is 317 g/mol. The summed E-state index contributed by atoms with van der Waals surface area (Å²) in [5.41, 5.74) is 2.74. The van der Waals surface area contributed by atoms with Crippen molar-refractivity contribution in [3.05, 3.63) is 70.5 Å². The zero-order valence-electron chi connectivity index (χ0n) is 11.3. The van der Waals surface area contributed by atoms with Crippen molar-refractivity contribution < 1.29 is 0 Å². The van der Waals surface area contributed by atoms with Crippen LogP contribution in [0, 0.1) is 6.92 Å². The molecule has 0 spiro atoms. The highest BCUT2D eigenvalue weighted by molar-refractivity contribution is 6.34. The van der Waals surface area contributed by atoms with E-state index < -0.39 is 0 Å². The maximum Gasteiger partial charge on any atom is 0.212 e. The molecule has 3 rings (SSSR count). The lowest BCUT2D eigenvalue weighted by Gasteiger charge is -2.10. The van der Waals surface area contributed by atoms with Crippen molar-refractivity contribution in [3.8, 4) is 5.69 Å². The van der Waals surface area contributed by atoms with Crippen LogP contribution in [0.25, 0.3) is 5.69 Å². The molecular weight excluding hydrogens is 305 g/mol. The molecule has 1 aromatic heterocycles. The molecule has 0 atom stereocenters. The number of para-hydroxylation sites is 1. The van der Waals surface area contributed by atoms with E-state index in [0.717, 1.165) is 23.0 Å². The molecule has 0 saturated heterocycles. The molecule has 3 nitrogen and oxygen atoms in total. The highest BCUT2D eigenvalue weighted by atomic mass is 35.5. The van der Waals surface area contributed by atoms with Crippen LogP contribution in [0.5, 0.6) is 0 Å². The molecule has 0 bridgehead atoms. The summed E-state index contributed by atoms with van der Waals surface area (Å²) in [7, 11) is 0. The summed E-state index contributed by atoms with van der Waals surface area (Å²) in [6, 6.07) is 15.3. The van der Waals surface area contributed by atoms with Crippen molar-refractivity contribution in [1.82, 2.24) is 9.55 Å². The van der Waals surface area contributed by atoms with Crippen LogP contribution >= 0.6 is 23.2 Å². The van der Waals surface area contributed by atoms with E-state index in [0.29, 0.717) is 10.0 Å². The number of anilines is 2. The fourth-order valence-electron chi connectivity index (χ4n) is 2.11. The van der Waals surface area contributed by atoms with Gasteiger partial charge < -0.3 is 5.32 Å². The number of hydrogen-bond acceptors (Lipinski definition) is 2. The third-order valence-electron chi connectivity index (χ3n) is 2.98. The van der Waals surface area contributed by atoms with Crippen LogP contribution in [0.4, 0.5) is 11.6 Å². The molecule has 0 fully saturated rings. The summed E-state index contributed by atoms with van der Waals surface area (Å²) in [4.78, 5) is 4.51. The first-order valence-electron chi connectivity index (χ1n) is 6.46. The second-order valence-corrected chi connectivity index (χ2v) is 5.57. The molecule has 0 aliphatic carbocycles. The molecule has 2 aromatic carbocycles. The molecular formula is C16H13Cl2N3. The average molecular weight is 318 g/mol. The number of aryl methyl sites for hydroxylation is 1. The quantitative estimate of drug-likeness (QED) is 0.716. The molecule has 0 saturated carbocycles. The minimum Gasteiger partial charge on any atom is -0.325 e. The van der Waals surface area contributed by atoms with Gasteiger partial charge in [-0.05, 0) is 37.3 Å². The Morgan fingerprint density at radius 2 is 1.67 bits per heavy atom. The molecule has 0 aliphatic heterocycles. The van der Waals surface area contributed by atoms with Crippen molar-refractivity contribution >= 4 is 34.8 Å². The first-order valence-corrected chi connectivity index (χ1v) is 7.22. The molecule has 0 aliphatic rings. The number of nitrogens with zero attached hydrogens (tertiary/aromatic N) is 2. The maximum atomic E-state index is 6.08. The Bertz CT molecular complexity index is 746. The number of rotatable bonds is 3. The van der Waals surface area contributed by atoms with Gasteiger partial charge >= 0.3 is 0 Å². The fraction of sp³-hybridized carbons (Fsp3) is 0.0625. The Morgan fingerprint density at radius 1 is 1.00 bits per heavy atom. The number of imidazole rings is 1. The van der Waals surface area contributed by atoms with Gasteiger partial charge in [0.05, 0.1) is 11.4 Å². The van der Waals surface area contributed by atoms with Gasteiger partial charge in [-0.2, -0.15) is 0 Å². The third-order valence-corrected chi connectivity index (χ3v) is 3.42. The molecule has 0 amide bonds. The van der Waals surface area contributed by atoms with Crippen LogP contribution in [0.15, 0.2) is 54.7 Å². The second kappa shape index (κ2) is 5.80. The summed E-state index contributed by atoms with van der Waals surface area (Å²) >= 11 is 12.2. The molecule has 1 N–H and O–H groups in total. The van der Waals surface area contributed by atoms with E-state index >= 15 is 0 Å². The van der Waals surface area contributed by atoms with Gasteiger partial charge in [0.1, 0.15) is 0 Å². The average Bonchev–Trinajstić information content (AvgIpc) is 2.80. The standard InChI is InChI=1S/C16H13Cl2N3/c1-11-10-21(15-8-12(17)7-13(18)9-15)16(19-11)20-14-5-3-2-4-6-14/h2-10H,1H3,(H,19,20). The number of benzene rings is 2. The van der Waals surface area contributed by atoms with E-state index in [4.69, 9.17) is 23.2 Å². The summed E-state index contributed by atoms with van der Waals surface area (Å²) < 4.78 is 1.93. The minimum absolute atomic E-state index is 0.592. The van der Waals surface area contributed by atoms with Crippen LogP contribution in [-0.2, 0) is 0 Å². The van der Waals surface area contributed by atoms with Crippen molar-refractivity contribution in [2.75, 3.05) is 5.32 Å². The van der Waals surface area contributed by atoms with E-state index in [1.54, 1.807) is 6.07 Å². The Hall–Kier alpha value is -1.97. The van der Waals surface area contributed by atoms with Gasteiger partial charge in [-0.1, -0.05) is 41.4 Å². The van der Waals surface area contributed by atoms with E-state index in [-0.39, 0.29) is 0 Å². The van der Waals surface area contributed by atoms with Gasteiger partial charge in [-0.25, -0.2) is 4.98 Å². The minimum atomic E-state index is 0.592. The summed E-state index contributed by atoms with van der Waals surface area (Å²) in [5.74, 6) is 0.719. The van der Waals surface area contributed by atoms with Gasteiger partial charge in [-0.3, -0.25) is 4.57 Å². The molecule has 5 heteroatoms. The van der Waals surface area contributed by atoms with Gasteiger partial charge in [0, 0.05) is 21.9 Å². The number of aromatic nitrogens is 2. The summed E-state index contributed by atoms with van der Waals surface area (Å²) in [5, 5.41) is 4.48. The number of halogens is 2. The Labute approximate surface area is 133 Å². The van der Waals surface area contributed by atoms with Crippen LogP contribution in [-0.4, -0.2) is 9.55 Å². The van der Waals surface area contributed by atoms with Gasteiger partial charge in [-0.15, -0.1) is 0 Å². The van der Waals surface area contributed by atoms with Crippen LogP contribution < -0.4 is 5.32 Å². The maximum absolute atomic E-state index is 6.08. The normalized spacial score (nSPS) is 10.6. The third kappa shape index (κ3) is 3.20. The second-order valence-electron chi connectivity index (χ2n) is 4.69. The zero-order chi connectivity index (χ0) is 14.8. The van der Waals surface area contributed by atoms with Gasteiger partial charge in [0.15, 0.2) is 0 Å². The number of hydrogen-bond donors (Lipinski definition) is 1. The Morgan fingerprint density at radius 3 is 2.33 bits per heavy atom. The van der Waals surface area contributed by atoms with Gasteiger partial charge in [0.2, 0.25) is 5.95 Å². The largest absolute Gasteiger partial charge is 0.325 e. The number of nitrogens with one attached hydrogen (secondary N) is 1. The van der Waals surface area contributed by atoms with Crippen LogP contribution in [0.3, 0.4) is 0 Å². The molecule has 3 aromatic rings. The Balaban J connectivity index is 2.03. The van der Waals surface area contributed by atoms with E-state index in [1.807, 2.05) is 60.2 Å². The molecule has 0 radical (unpaired) electrons. The van der Waals surface area contributed by atoms with Crippen molar-refractivity contribution in [1.29, 1.82) is 0 Å². The molecule has 21 heavy (non-hydrogen) atoms. The SMILES string of the molecule is Cc1cn(-c2cc(Cl)cc(Cl)c2)c(Nc2ccccc2)n1. The smallest absolute Gasteiger partial charge is 0.212 e. The topological polar surface area (TPSA) is 29.9 Å². The predicted octanol–water partition coefficient (Wildman–Crippen LogP) is 5.23. The molecule has 0 unspecified atom stereocenters. The van der Waals surface area contributed by atoms with Crippen molar-refractivity contribution in [3.63, 3.8) is 0 Å². The zero-order valence-corrected chi connectivity index (χ0v) is 12.9. The lowest BCUT2D eigenvalue weighted by molar-refractivity contribution is 1.06. The van der Waals surface area contributed by atoms with E-state index in [1.165, 1.54) is 0 Å². The van der Waals surface area contributed by atoms with Crippen molar-refractivity contribution in [2.45, 2.75) is 6.92 Å². The highest BCUT2D eigenvalue weighted by Gasteiger charge is 2.09. The fourth-order valence-corrected chi connectivity index (χ4v) is 2.63. The summed E-state index contributed by atoms with van der Waals surface area (Å²) in [6.07, 6.45) is 1.94. The molecule has 106 valence electrons. The lowest BCUT2D eigenvalue weighted by atomic mass is 10.3. The first kappa shape index (κ1) is 14.0. The Kier molecular flexibility index (Phi) is 3.86. The lowest BCUT2D eigenvalue weighted by Crippen LogP contribution is -2.01. The van der Waals surface area contributed by atoms with Crippen LogP contribution in [0.2, 0.25) is 10.0 Å². The van der Waals surface area contributed by atoms with Gasteiger partial charge in [0.25, 0.3) is 0 Å². The first-order chi connectivity index (χ1) is 10.1.